The number of hydrogen-bond donors (Lipinski definition) is 1. The standard InChI is InChI=1S/C36H41N2S.C7H9F3O2.Ir/c1-21(2)29-32-34(39-33(29)30-22(3)15-24(16-23(30)4)19-35(5,6)7)31(37-20-38-32)26-17-25-13-11-12-14-27(25)28(18-26)36(8,9)10;1-4(2)5(11)3-6(12)7(8,9)10;/h11-16,18,20-21H,19H2,1-10H3;3-4,11H,1-2H3;/q-1;;/b;5-3-;. The van der Waals surface area contributed by atoms with Crippen LogP contribution in [0.3, 0.4) is 0 Å². The third-order valence-corrected chi connectivity index (χ3v) is 9.85. The molecule has 0 amide bonds. The number of nitrogens with zero attached hydrogens (tertiary/aromatic N) is 2. The van der Waals surface area contributed by atoms with Gasteiger partial charge in [0.2, 0.25) is 0 Å². The first kappa shape index (κ1) is 43.0. The monoisotopic (exact) mass is 908 g/mol. The number of rotatable bonds is 6. The van der Waals surface area contributed by atoms with Crippen LogP contribution in [-0.2, 0) is 36.7 Å². The quantitative estimate of drug-likeness (QED) is 0.105. The number of carbonyl (C=O) groups excluding carboxylic acids is 1. The summed E-state index contributed by atoms with van der Waals surface area (Å²) in [4.78, 5) is 21.3. The van der Waals surface area contributed by atoms with Gasteiger partial charge in [0.25, 0.3) is 5.78 Å². The summed E-state index contributed by atoms with van der Waals surface area (Å²) in [5.74, 6) is -2.72. The van der Waals surface area contributed by atoms with Crippen LogP contribution < -0.4 is 0 Å². The van der Waals surface area contributed by atoms with Crippen LogP contribution in [0.2, 0.25) is 0 Å². The molecule has 281 valence electrons. The number of aromatic nitrogens is 2. The van der Waals surface area contributed by atoms with E-state index < -0.39 is 23.6 Å². The first-order valence-electron chi connectivity index (χ1n) is 17.3. The molecule has 1 radical (unpaired) electrons. The number of ketones is 1. The van der Waals surface area contributed by atoms with E-state index in [1.165, 1.54) is 57.5 Å². The summed E-state index contributed by atoms with van der Waals surface area (Å²) in [6.07, 6.45) is -1.89. The van der Waals surface area contributed by atoms with E-state index in [2.05, 4.69) is 118 Å². The van der Waals surface area contributed by atoms with E-state index in [0.29, 0.717) is 5.92 Å². The van der Waals surface area contributed by atoms with Crippen LogP contribution in [0, 0.1) is 31.2 Å². The Morgan fingerprint density at radius 2 is 1.54 bits per heavy atom. The Kier molecular flexibility index (Phi) is 13.5. The molecule has 0 bridgehead atoms. The van der Waals surface area contributed by atoms with Crippen LogP contribution in [0.5, 0.6) is 0 Å². The topological polar surface area (TPSA) is 63.1 Å². The minimum absolute atomic E-state index is 0. The summed E-state index contributed by atoms with van der Waals surface area (Å²) in [7, 11) is 0. The van der Waals surface area contributed by atoms with Crippen molar-refractivity contribution in [3.8, 4) is 21.7 Å². The molecule has 3 aromatic carbocycles. The molecule has 9 heteroatoms. The first-order valence-corrected chi connectivity index (χ1v) is 18.2. The number of halogens is 3. The van der Waals surface area contributed by atoms with Gasteiger partial charge in [-0.1, -0.05) is 111 Å². The Morgan fingerprint density at radius 1 is 0.942 bits per heavy atom. The fourth-order valence-electron chi connectivity index (χ4n) is 6.33. The average Bonchev–Trinajstić information content (AvgIpc) is 3.38. The number of carbonyl (C=O) groups is 1. The van der Waals surface area contributed by atoms with Crippen LogP contribution >= 0.6 is 11.3 Å². The van der Waals surface area contributed by atoms with Gasteiger partial charge >= 0.3 is 6.18 Å². The van der Waals surface area contributed by atoms with Gasteiger partial charge in [-0.2, -0.15) is 13.2 Å². The summed E-state index contributed by atoms with van der Waals surface area (Å²) in [5.41, 5.74) is 11.4. The molecule has 0 aliphatic carbocycles. The van der Waals surface area contributed by atoms with Crippen LogP contribution in [0.25, 0.3) is 42.7 Å². The molecule has 5 aromatic rings. The fourth-order valence-corrected chi connectivity index (χ4v) is 7.92. The Morgan fingerprint density at radius 3 is 2.06 bits per heavy atom. The maximum absolute atomic E-state index is 11.6. The minimum Gasteiger partial charge on any atom is -0.512 e. The molecule has 0 aliphatic heterocycles. The molecule has 2 heterocycles. The zero-order chi connectivity index (χ0) is 38.2. The first-order chi connectivity index (χ1) is 23.5. The van der Waals surface area contributed by atoms with E-state index >= 15 is 0 Å². The molecule has 1 N–H and O–H groups in total. The second-order valence-corrected chi connectivity index (χ2v) is 17.2. The van der Waals surface area contributed by atoms with Crippen molar-refractivity contribution in [2.45, 2.75) is 107 Å². The van der Waals surface area contributed by atoms with Gasteiger partial charge in [0.1, 0.15) is 6.33 Å². The predicted molar refractivity (Wildman–Crippen MR) is 207 cm³/mol. The molecule has 0 atom stereocenters. The predicted octanol–water partition coefficient (Wildman–Crippen LogP) is 12.8. The summed E-state index contributed by atoms with van der Waals surface area (Å²) < 4.78 is 35.9. The van der Waals surface area contributed by atoms with E-state index in [1.807, 2.05) is 11.3 Å². The maximum atomic E-state index is 11.6. The molecule has 0 saturated heterocycles. The fraction of sp³-hybridized carbons (Fsp3) is 0.419. The van der Waals surface area contributed by atoms with E-state index in [0.717, 1.165) is 33.3 Å². The Bertz CT molecular complexity index is 2080. The number of hydrogen-bond acceptors (Lipinski definition) is 5. The largest absolute Gasteiger partial charge is 0.512 e. The minimum atomic E-state index is -4.90. The van der Waals surface area contributed by atoms with Gasteiger partial charge in [-0.3, -0.25) is 9.78 Å². The van der Waals surface area contributed by atoms with Crippen molar-refractivity contribution in [1.82, 2.24) is 9.97 Å². The van der Waals surface area contributed by atoms with E-state index in [-0.39, 0.29) is 37.0 Å². The van der Waals surface area contributed by atoms with Crippen molar-refractivity contribution in [1.29, 1.82) is 0 Å². The third-order valence-electron chi connectivity index (χ3n) is 8.63. The zero-order valence-corrected chi connectivity index (χ0v) is 35.4. The normalized spacial score (nSPS) is 12.7. The zero-order valence-electron chi connectivity index (χ0n) is 32.2. The van der Waals surface area contributed by atoms with Crippen molar-refractivity contribution in [3.63, 3.8) is 0 Å². The number of alkyl halides is 3. The summed E-state index contributed by atoms with van der Waals surface area (Å²) >= 11 is 1.85. The van der Waals surface area contributed by atoms with Crippen LogP contribution in [0.1, 0.15) is 103 Å². The Labute approximate surface area is 324 Å². The van der Waals surface area contributed by atoms with Gasteiger partial charge in [0, 0.05) is 47.4 Å². The molecule has 0 aliphatic rings. The number of aliphatic hydroxyl groups is 1. The number of allylic oxidation sites excluding steroid dienone is 2. The van der Waals surface area contributed by atoms with Crippen molar-refractivity contribution < 1.29 is 43.2 Å². The third kappa shape index (κ3) is 9.97. The Hall–Kier alpha value is -3.39. The van der Waals surface area contributed by atoms with Crippen molar-refractivity contribution in [2.24, 2.45) is 11.3 Å². The number of thiophene rings is 1. The van der Waals surface area contributed by atoms with E-state index in [1.54, 1.807) is 6.33 Å². The maximum Gasteiger partial charge on any atom is 0.454 e. The van der Waals surface area contributed by atoms with E-state index in [9.17, 15) is 18.0 Å². The van der Waals surface area contributed by atoms with Gasteiger partial charge in [0.05, 0.1) is 11.3 Å². The molecule has 0 spiro atoms. The molecule has 0 fully saturated rings. The number of aryl methyl sites for hydroxylation is 2. The second kappa shape index (κ2) is 16.3. The van der Waals surface area contributed by atoms with Crippen LogP contribution in [-0.4, -0.2) is 27.0 Å². The second-order valence-electron chi connectivity index (χ2n) is 16.2. The Balaban J connectivity index is 0.000000484. The van der Waals surface area contributed by atoms with Crippen molar-refractivity contribution in [2.75, 3.05) is 0 Å². The molecular weight excluding hydrogens is 858 g/mol. The van der Waals surface area contributed by atoms with Gasteiger partial charge in [-0.25, -0.2) is 4.98 Å². The smallest absolute Gasteiger partial charge is 0.454 e. The summed E-state index contributed by atoms with van der Waals surface area (Å²) in [5, 5.41) is 11.2. The van der Waals surface area contributed by atoms with Crippen molar-refractivity contribution >= 4 is 38.1 Å². The van der Waals surface area contributed by atoms with Gasteiger partial charge in [-0.05, 0) is 64.8 Å². The SMILES string of the molecule is CC(C)/C(O)=C/C(=O)C(F)(F)F.Cc1cc(CC(C)(C)C)cc(C)c1-c1sc2c(-c3[c-]c4ccccc4c(C(C)(C)C)c3)ncnc2c1C(C)C.[Ir]. The molecular formula is C43H50F3IrN2O2S-. The van der Waals surface area contributed by atoms with E-state index in [4.69, 9.17) is 15.1 Å². The van der Waals surface area contributed by atoms with Gasteiger partial charge in [-0.15, -0.1) is 40.5 Å². The van der Waals surface area contributed by atoms with Crippen LogP contribution in [0.15, 0.2) is 60.6 Å². The molecule has 4 nitrogen and oxygen atoms in total. The van der Waals surface area contributed by atoms with Gasteiger partial charge < -0.3 is 5.11 Å². The summed E-state index contributed by atoms with van der Waals surface area (Å²) in [6, 6.07) is 19.4. The molecule has 52 heavy (non-hydrogen) atoms. The molecule has 0 saturated carbocycles. The number of fused-ring (bicyclic) bond motifs is 2. The summed E-state index contributed by atoms with van der Waals surface area (Å²) in [6.45, 7) is 25.8. The average molecular weight is 908 g/mol. The van der Waals surface area contributed by atoms with Crippen molar-refractivity contribution in [3.05, 3.63) is 94.5 Å². The molecule has 2 aromatic heterocycles. The van der Waals surface area contributed by atoms with Crippen LogP contribution in [0.4, 0.5) is 13.2 Å². The van der Waals surface area contributed by atoms with Gasteiger partial charge in [0.15, 0.2) is 0 Å². The number of aliphatic hydroxyl groups excluding tert-OH is 1. The molecule has 0 unspecified atom stereocenters. The number of benzene rings is 3. The molecule has 5 rings (SSSR count).